The van der Waals surface area contributed by atoms with Gasteiger partial charge in [-0.1, -0.05) is 42.5 Å². The first-order valence-electron chi connectivity index (χ1n) is 11.0. The van der Waals surface area contributed by atoms with Crippen molar-refractivity contribution in [3.63, 3.8) is 0 Å². The molecule has 0 saturated carbocycles. The first-order chi connectivity index (χ1) is 15.9. The van der Waals surface area contributed by atoms with Gasteiger partial charge in [0.25, 0.3) is 5.91 Å². The lowest BCUT2D eigenvalue weighted by molar-refractivity contribution is -0.144. The summed E-state index contributed by atoms with van der Waals surface area (Å²) >= 11 is 0. The van der Waals surface area contributed by atoms with Gasteiger partial charge in [0, 0.05) is 30.3 Å². The number of nitrogen functional groups attached to an aromatic ring is 1. The van der Waals surface area contributed by atoms with Crippen molar-refractivity contribution >= 4 is 36.0 Å². The number of hydrogen-bond donors (Lipinski definition) is 3. The van der Waals surface area contributed by atoms with Crippen molar-refractivity contribution in [2.45, 2.75) is 31.7 Å². The number of carbonyl (C=O) groups is 3. The molecule has 8 nitrogen and oxygen atoms in total. The fraction of sp³-hybridized carbons (Fsp3) is 0.360. The number of nitrogens with zero attached hydrogens (tertiary/aromatic N) is 1. The molecule has 2 aromatic carbocycles. The normalized spacial score (nSPS) is 17.1. The summed E-state index contributed by atoms with van der Waals surface area (Å²) in [4.78, 5) is 39.2. The summed E-state index contributed by atoms with van der Waals surface area (Å²) in [5.74, 6) is -1.35. The van der Waals surface area contributed by atoms with Gasteiger partial charge >= 0.3 is 5.97 Å². The van der Waals surface area contributed by atoms with Crippen molar-refractivity contribution in [1.82, 2.24) is 10.2 Å². The first kappa shape index (κ1) is 26.9. The van der Waals surface area contributed by atoms with E-state index in [0.29, 0.717) is 24.1 Å². The Balaban J connectivity index is 0.00000408. The molecule has 1 aliphatic heterocycles. The van der Waals surface area contributed by atoms with Gasteiger partial charge in [-0.05, 0) is 37.0 Å². The van der Waals surface area contributed by atoms with Crippen LogP contribution in [0.25, 0.3) is 0 Å². The van der Waals surface area contributed by atoms with Crippen molar-refractivity contribution in [3.05, 3.63) is 71.3 Å². The lowest BCUT2D eigenvalue weighted by atomic mass is 10.0. The monoisotopic (exact) mass is 486 g/mol. The van der Waals surface area contributed by atoms with E-state index in [1.807, 2.05) is 18.2 Å². The first-order valence-corrected chi connectivity index (χ1v) is 11.0. The summed E-state index contributed by atoms with van der Waals surface area (Å²) in [6, 6.07) is 16.4. The average molecular weight is 487 g/mol. The van der Waals surface area contributed by atoms with Gasteiger partial charge in [0.05, 0.1) is 19.4 Å². The minimum absolute atomic E-state index is 0. The number of nitrogens with two attached hydrogens (primary N) is 1. The highest BCUT2D eigenvalue weighted by Gasteiger charge is 2.40. The van der Waals surface area contributed by atoms with Gasteiger partial charge in [0.1, 0.15) is 5.84 Å². The molecule has 4 N–H and O–H groups in total. The number of ether oxygens (including phenoxy) is 1. The van der Waals surface area contributed by atoms with E-state index in [1.54, 1.807) is 29.2 Å². The van der Waals surface area contributed by atoms with Crippen LogP contribution in [0.15, 0.2) is 54.6 Å². The molecule has 0 aliphatic carbocycles. The van der Waals surface area contributed by atoms with Gasteiger partial charge in [-0.2, -0.15) is 0 Å². The molecule has 0 spiro atoms. The zero-order valence-corrected chi connectivity index (χ0v) is 20.0. The summed E-state index contributed by atoms with van der Waals surface area (Å²) in [7, 11) is 1.31. The molecule has 34 heavy (non-hydrogen) atoms. The Bertz CT molecular complexity index is 1010. The number of methoxy groups -OCH3 is 1. The number of hydrogen-bond acceptors (Lipinski definition) is 5. The molecule has 1 aliphatic rings. The second-order valence-electron chi connectivity index (χ2n) is 8.19. The minimum atomic E-state index is -0.447. The summed E-state index contributed by atoms with van der Waals surface area (Å²) < 4.78 is 4.75. The van der Waals surface area contributed by atoms with E-state index in [4.69, 9.17) is 15.9 Å². The summed E-state index contributed by atoms with van der Waals surface area (Å²) in [6.45, 7) is 0.823. The van der Waals surface area contributed by atoms with E-state index in [-0.39, 0.29) is 49.1 Å². The Hall–Kier alpha value is -3.39. The lowest BCUT2D eigenvalue weighted by Crippen LogP contribution is -2.42. The minimum Gasteiger partial charge on any atom is -0.469 e. The fourth-order valence-corrected chi connectivity index (χ4v) is 4.15. The van der Waals surface area contributed by atoms with Crippen LogP contribution in [0.2, 0.25) is 0 Å². The largest absolute Gasteiger partial charge is 0.469 e. The van der Waals surface area contributed by atoms with Crippen LogP contribution < -0.4 is 11.1 Å². The highest BCUT2D eigenvalue weighted by Crippen LogP contribution is 2.28. The predicted octanol–water partition coefficient (Wildman–Crippen LogP) is 2.54. The third-order valence-corrected chi connectivity index (χ3v) is 5.91. The molecule has 1 fully saturated rings. The van der Waals surface area contributed by atoms with Crippen LogP contribution in [-0.2, 0) is 20.7 Å². The number of aryl methyl sites for hydroxylation is 1. The number of esters is 1. The van der Waals surface area contributed by atoms with E-state index >= 15 is 0 Å². The topological polar surface area (TPSA) is 126 Å². The molecule has 0 radical (unpaired) electrons. The van der Waals surface area contributed by atoms with Crippen LogP contribution in [0, 0.1) is 11.3 Å². The van der Waals surface area contributed by atoms with E-state index < -0.39 is 11.9 Å². The van der Waals surface area contributed by atoms with Crippen molar-refractivity contribution in [1.29, 1.82) is 5.41 Å². The molecule has 1 saturated heterocycles. The Morgan fingerprint density at radius 3 is 2.53 bits per heavy atom. The highest BCUT2D eigenvalue weighted by atomic mass is 35.5. The van der Waals surface area contributed by atoms with Gasteiger partial charge in [0.2, 0.25) is 5.91 Å². The molecule has 0 unspecified atom stereocenters. The van der Waals surface area contributed by atoms with Gasteiger partial charge in [-0.3, -0.25) is 19.8 Å². The Kier molecular flexibility index (Phi) is 10.1. The maximum absolute atomic E-state index is 13.0. The quantitative estimate of drug-likeness (QED) is 0.270. The number of halogens is 1. The van der Waals surface area contributed by atoms with Crippen LogP contribution in [0.4, 0.5) is 0 Å². The molecule has 0 aromatic heterocycles. The average Bonchev–Trinajstić information content (AvgIpc) is 3.12. The van der Waals surface area contributed by atoms with Crippen molar-refractivity contribution in [3.8, 4) is 0 Å². The summed E-state index contributed by atoms with van der Waals surface area (Å²) in [5, 5.41) is 10.4. The number of rotatable bonds is 10. The molecule has 2 amide bonds. The SMILES string of the molecule is COC(=O)C[C@@H]1C[C@@H](CNC(=O)c2cccc(C(=N)N)c2)N(CCCc2ccccc2)C1=O.Cl. The Morgan fingerprint density at radius 2 is 1.85 bits per heavy atom. The van der Waals surface area contributed by atoms with Gasteiger partial charge < -0.3 is 20.7 Å². The molecule has 0 bridgehead atoms. The number of carbonyl (C=O) groups excluding carboxylic acids is 3. The van der Waals surface area contributed by atoms with Crippen molar-refractivity contribution in [2.75, 3.05) is 20.2 Å². The molecular formula is C25H31ClN4O4. The van der Waals surface area contributed by atoms with Crippen LogP contribution in [-0.4, -0.2) is 54.8 Å². The van der Waals surface area contributed by atoms with Crippen LogP contribution in [0.5, 0.6) is 0 Å². The second-order valence-corrected chi connectivity index (χ2v) is 8.19. The van der Waals surface area contributed by atoms with Crippen LogP contribution in [0.3, 0.4) is 0 Å². The fourth-order valence-electron chi connectivity index (χ4n) is 4.15. The van der Waals surface area contributed by atoms with Crippen molar-refractivity contribution < 1.29 is 19.1 Å². The molecular weight excluding hydrogens is 456 g/mol. The maximum Gasteiger partial charge on any atom is 0.306 e. The molecule has 2 atom stereocenters. The van der Waals surface area contributed by atoms with E-state index in [9.17, 15) is 14.4 Å². The molecule has 3 rings (SSSR count). The van der Waals surface area contributed by atoms with Crippen LogP contribution in [0.1, 0.15) is 40.7 Å². The van der Waals surface area contributed by atoms with E-state index in [2.05, 4.69) is 17.4 Å². The molecule has 9 heteroatoms. The standard InChI is InChI=1S/C25H30N4O4.ClH/c1-33-22(30)15-20-14-21(16-28-24(31)19-11-5-10-18(13-19)23(26)27)29(25(20)32)12-6-9-17-7-3-2-4-8-17;/h2-5,7-8,10-11,13,20-21H,6,9,12,14-16H2,1H3,(H3,26,27)(H,28,31);1H/t20-,21-;/m0./s1. The van der Waals surface area contributed by atoms with E-state index in [0.717, 1.165) is 12.8 Å². The molecule has 1 heterocycles. The summed E-state index contributed by atoms with van der Waals surface area (Å²) in [6.07, 6.45) is 2.14. The number of likely N-dealkylation sites (tertiary alicyclic amines) is 1. The molecule has 182 valence electrons. The zero-order valence-electron chi connectivity index (χ0n) is 19.2. The van der Waals surface area contributed by atoms with Gasteiger partial charge in [0.15, 0.2) is 0 Å². The van der Waals surface area contributed by atoms with E-state index in [1.165, 1.54) is 12.7 Å². The number of nitrogens with one attached hydrogen (secondary N) is 2. The highest BCUT2D eigenvalue weighted by molar-refractivity contribution is 6.00. The Labute approximate surface area is 205 Å². The zero-order chi connectivity index (χ0) is 23.8. The lowest BCUT2D eigenvalue weighted by Gasteiger charge is -2.25. The second kappa shape index (κ2) is 12.7. The van der Waals surface area contributed by atoms with Gasteiger partial charge in [-0.15, -0.1) is 12.4 Å². The predicted molar refractivity (Wildman–Crippen MR) is 132 cm³/mol. The maximum atomic E-state index is 13.0. The third kappa shape index (κ3) is 7.05. The Morgan fingerprint density at radius 1 is 1.15 bits per heavy atom. The number of benzene rings is 2. The third-order valence-electron chi connectivity index (χ3n) is 5.91. The molecule has 2 aromatic rings. The number of amides is 2. The summed E-state index contributed by atoms with van der Waals surface area (Å²) in [5.41, 5.74) is 7.58. The number of amidine groups is 1. The van der Waals surface area contributed by atoms with Gasteiger partial charge in [-0.25, -0.2) is 0 Å². The van der Waals surface area contributed by atoms with Crippen LogP contribution >= 0.6 is 12.4 Å². The smallest absolute Gasteiger partial charge is 0.306 e. The van der Waals surface area contributed by atoms with Crippen molar-refractivity contribution in [2.24, 2.45) is 11.7 Å².